The highest BCUT2D eigenvalue weighted by Crippen LogP contribution is 2.52. The maximum Gasteiger partial charge on any atom is 0.339 e. The minimum Gasteiger partial charge on any atom is -0.507 e. The number of anilines is 1. The standard InChI is InChI=1S/C27H31N3O5S/c1-3-14-27(15-4-2)24(31)23(25(32)35-27)22(17-12-13-17)18-8-7-9-19(16-18)30-36(33,34)26-28-20-10-5-6-11-21(20)29-26/h5-11,16-17,22,30-31H,3-4,12-15H2,1-2H3,(H,28,29). The molecule has 1 saturated carbocycles. The number of fused-ring (bicyclic) bond motifs is 1. The lowest BCUT2D eigenvalue weighted by atomic mass is 9.82. The van der Waals surface area contributed by atoms with E-state index in [-0.39, 0.29) is 22.8 Å². The van der Waals surface area contributed by atoms with Gasteiger partial charge in [0.05, 0.1) is 16.6 Å². The molecule has 1 atom stereocenters. The number of nitrogens with zero attached hydrogens (tertiary/aromatic N) is 1. The van der Waals surface area contributed by atoms with Crippen LogP contribution in [0.5, 0.6) is 0 Å². The van der Waals surface area contributed by atoms with Gasteiger partial charge in [-0.1, -0.05) is 51.0 Å². The van der Waals surface area contributed by atoms with Crippen LogP contribution in [0.15, 0.2) is 65.0 Å². The third-order valence-corrected chi connectivity index (χ3v) is 8.23. The summed E-state index contributed by atoms with van der Waals surface area (Å²) in [6.07, 6.45) is 4.54. The largest absolute Gasteiger partial charge is 0.507 e. The molecule has 0 radical (unpaired) electrons. The predicted molar refractivity (Wildman–Crippen MR) is 137 cm³/mol. The number of hydrogen-bond donors (Lipinski definition) is 3. The Hall–Kier alpha value is -3.33. The Labute approximate surface area is 210 Å². The van der Waals surface area contributed by atoms with E-state index in [1.807, 2.05) is 19.9 Å². The van der Waals surface area contributed by atoms with Crippen LogP contribution < -0.4 is 4.72 Å². The van der Waals surface area contributed by atoms with E-state index in [4.69, 9.17) is 4.74 Å². The number of sulfonamides is 1. The molecule has 36 heavy (non-hydrogen) atoms. The number of cyclic esters (lactones) is 1. The maximum absolute atomic E-state index is 13.1. The number of aliphatic hydroxyl groups is 1. The second kappa shape index (κ2) is 9.28. The van der Waals surface area contributed by atoms with Crippen molar-refractivity contribution in [2.45, 2.75) is 69.0 Å². The van der Waals surface area contributed by atoms with Gasteiger partial charge in [-0.05, 0) is 61.4 Å². The van der Waals surface area contributed by atoms with Gasteiger partial charge in [0.1, 0.15) is 5.76 Å². The van der Waals surface area contributed by atoms with Crippen LogP contribution in [0, 0.1) is 5.92 Å². The number of H-pyrrole nitrogens is 1. The molecule has 1 fully saturated rings. The summed E-state index contributed by atoms with van der Waals surface area (Å²) < 4.78 is 34.6. The topological polar surface area (TPSA) is 121 Å². The summed E-state index contributed by atoms with van der Waals surface area (Å²) in [5.74, 6) is -0.597. The minimum atomic E-state index is -3.97. The van der Waals surface area contributed by atoms with Gasteiger partial charge in [0.15, 0.2) is 5.60 Å². The number of nitrogens with one attached hydrogen (secondary N) is 2. The van der Waals surface area contributed by atoms with E-state index in [1.54, 1.807) is 42.5 Å². The Bertz CT molecular complexity index is 1400. The van der Waals surface area contributed by atoms with Crippen molar-refractivity contribution in [1.82, 2.24) is 9.97 Å². The zero-order chi connectivity index (χ0) is 25.5. The molecule has 2 aliphatic rings. The second-order valence-electron chi connectivity index (χ2n) is 9.75. The first kappa shape index (κ1) is 24.4. The molecule has 8 nitrogen and oxygen atoms in total. The molecule has 2 heterocycles. The van der Waals surface area contributed by atoms with Crippen LogP contribution in [-0.2, 0) is 19.6 Å². The molecule has 0 bridgehead atoms. The summed E-state index contributed by atoms with van der Waals surface area (Å²) >= 11 is 0. The van der Waals surface area contributed by atoms with Gasteiger partial charge in [-0.15, -0.1) is 0 Å². The molecule has 0 saturated heterocycles. The number of aromatic amines is 1. The van der Waals surface area contributed by atoms with Crippen molar-refractivity contribution in [3.8, 4) is 0 Å². The Morgan fingerprint density at radius 1 is 1.14 bits per heavy atom. The van der Waals surface area contributed by atoms with Crippen LogP contribution in [0.4, 0.5) is 5.69 Å². The van der Waals surface area contributed by atoms with Crippen molar-refractivity contribution in [2.24, 2.45) is 5.92 Å². The summed E-state index contributed by atoms with van der Waals surface area (Å²) in [6, 6.07) is 14.1. The van der Waals surface area contributed by atoms with Crippen LogP contribution in [-0.4, -0.2) is 35.1 Å². The molecule has 2 aromatic carbocycles. The number of rotatable bonds is 10. The normalized spacial score (nSPS) is 18.4. The average molecular weight is 510 g/mol. The summed E-state index contributed by atoms with van der Waals surface area (Å²) in [5, 5.41) is 11.2. The van der Waals surface area contributed by atoms with Gasteiger partial charge in [-0.3, -0.25) is 4.72 Å². The fraction of sp³-hybridized carbons (Fsp3) is 0.407. The smallest absolute Gasteiger partial charge is 0.339 e. The van der Waals surface area contributed by atoms with Gasteiger partial charge in [0, 0.05) is 11.6 Å². The van der Waals surface area contributed by atoms with Crippen LogP contribution >= 0.6 is 0 Å². The Balaban J connectivity index is 1.49. The summed E-state index contributed by atoms with van der Waals surface area (Å²) in [5.41, 5.74) is 1.67. The first-order chi connectivity index (χ1) is 17.3. The van der Waals surface area contributed by atoms with E-state index in [9.17, 15) is 18.3 Å². The molecule has 1 aliphatic carbocycles. The van der Waals surface area contributed by atoms with Crippen molar-refractivity contribution in [3.05, 3.63) is 65.4 Å². The molecule has 1 unspecified atom stereocenters. The van der Waals surface area contributed by atoms with Crippen LogP contribution in [0.1, 0.15) is 63.9 Å². The average Bonchev–Trinajstić information content (AvgIpc) is 3.52. The van der Waals surface area contributed by atoms with Gasteiger partial charge in [0.2, 0.25) is 5.16 Å². The lowest BCUT2D eigenvalue weighted by Gasteiger charge is -2.27. The number of para-hydroxylation sites is 2. The minimum absolute atomic E-state index is 0.0429. The zero-order valence-corrected chi connectivity index (χ0v) is 21.3. The highest BCUT2D eigenvalue weighted by atomic mass is 32.2. The van der Waals surface area contributed by atoms with Crippen molar-refractivity contribution < 1.29 is 23.1 Å². The fourth-order valence-electron chi connectivity index (χ4n) is 5.33. The number of esters is 1. The summed E-state index contributed by atoms with van der Waals surface area (Å²) in [4.78, 5) is 20.2. The third kappa shape index (κ3) is 4.36. The lowest BCUT2D eigenvalue weighted by molar-refractivity contribution is -0.149. The second-order valence-corrected chi connectivity index (χ2v) is 11.3. The summed E-state index contributed by atoms with van der Waals surface area (Å²) in [7, 11) is -3.97. The zero-order valence-electron chi connectivity index (χ0n) is 20.5. The van der Waals surface area contributed by atoms with E-state index in [0.717, 1.165) is 31.2 Å². The number of hydrogen-bond acceptors (Lipinski definition) is 6. The first-order valence-corrected chi connectivity index (χ1v) is 14.0. The lowest BCUT2D eigenvalue weighted by Crippen LogP contribution is -2.31. The predicted octanol–water partition coefficient (Wildman–Crippen LogP) is 5.57. The Morgan fingerprint density at radius 2 is 1.86 bits per heavy atom. The van der Waals surface area contributed by atoms with Gasteiger partial charge < -0.3 is 14.8 Å². The SMILES string of the molecule is CCCC1(CCC)OC(=O)C(C(c2cccc(NS(=O)(=O)c3nc4ccccc4[nH]3)c2)C2CC2)=C1O. The molecule has 0 amide bonds. The Morgan fingerprint density at radius 3 is 2.53 bits per heavy atom. The molecule has 3 N–H and O–H groups in total. The maximum atomic E-state index is 13.1. The molecular formula is C27H31N3O5S. The number of aliphatic hydroxyl groups excluding tert-OH is 1. The van der Waals surface area contributed by atoms with Gasteiger partial charge in [-0.25, -0.2) is 9.78 Å². The number of benzene rings is 2. The molecule has 9 heteroatoms. The quantitative estimate of drug-likeness (QED) is 0.307. The third-order valence-electron chi connectivity index (χ3n) is 7.03. The van der Waals surface area contributed by atoms with Crippen molar-refractivity contribution in [2.75, 3.05) is 4.72 Å². The van der Waals surface area contributed by atoms with Crippen LogP contribution in [0.2, 0.25) is 0 Å². The van der Waals surface area contributed by atoms with Crippen LogP contribution in [0.3, 0.4) is 0 Å². The Kier molecular flexibility index (Phi) is 6.28. The number of carbonyl (C=O) groups excluding carboxylic acids is 1. The van der Waals surface area contributed by atoms with E-state index in [1.165, 1.54) is 0 Å². The van der Waals surface area contributed by atoms with Crippen molar-refractivity contribution in [1.29, 1.82) is 0 Å². The number of ether oxygens (including phenoxy) is 1. The monoisotopic (exact) mass is 509 g/mol. The highest BCUT2D eigenvalue weighted by Gasteiger charge is 2.51. The van der Waals surface area contributed by atoms with Gasteiger partial charge in [-0.2, -0.15) is 8.42 Å². The number of imidazole rings is 1. The molecular weight excluding hydrogens is 478 g/mol. The molecule has 190 valence electrons. The molecule has 1 aromatic heterocycles. The van der Waals surface area contributed by atoms with Gasteiger partial charge in [0.25, 0.3) is 10.0 Å². The molecule has 1 aliphatic heterocycles. The van der Waals surface area contributed by atoms with E-state index >= 15 is 0 Å². The van der Waals surface area contributed by atoms with E-state index in [2.05, 4.69) is 14.7 Å². The number of aromatic nitrogens is 2. The number of carbonyl (C=O) groups is 1. The van der Waals surface area contributed by atoms with Crippen molar-refractivity contribution >= 4 is 32.7 Å². The molecule has 3 aromatic rings. The fourth-order valence-corrected chi connectivity index (χ4v) is 6.33. The van der Waals surface area contributed by atoms with Gasteiger partial charge >= 0.3 is 5.97 Å². The van der Waals surface area contributed by atoms with E-state index < -0.39 is 21.6 Å². The van der Waals surface area contributed by atoms with Crippen LogP contribution in [0.25, 0.3) is 11.0 Å². The summed E-state index contributed by atoms with van der Waals surface area (Å²) in [6.45, 7) is 4.01. The highest BCUT2D eigenvalue weighted by molar-refractivity contribution is 7.92. The molecule has 5 rings (SSSR count). The first-order valence-electron chi connectivity index (χ1n) is 12.5. The van der Waals surface area contributed by atoms with Crippen molar-refractivity contribution in [3.63, 3.8) is 0 Å². The van der Waals surface area contributed by atoms with E-state index in [0.29, 0.717) is 35.1 Å². The molecule has 0 spiro atoms.